The minimum absolute atomic E-state index is 0.176. The zero-order chi connectivity index (χ0) is 34.2. The molecule has 4 N–H and O–H groups in total. The molecule has 2 aliphatic rings. The van der Waals surface area contributed by atoms with E-state index >= 15 is 0 Å². The predicted octanol–water partition coefficient (Wildman–Crippen LogP) is 5.95. The number of thiocarbonyl (C=S) groups is 2. The molecule has 2 saturated heterocycles. The van der Waals surface area contributed by atoms with E-state index < -0.39 is 5.97 Å². The van der Waals surface area contributed by atoms with Crippen LogP contribution in [-0.2, 0) is 14.3 Å². The molecular formula is C33H25N3O8S4. The third kappa shape index (κ3) is 8.96. The summed E-state index contributed by atoms with van der Waals surface area (Å²) in [5, 5.41) is 16.9. The molecule has 48 heavy (non-hydrogen) atoms. The minimum Gasteiger partial charge on any atom is -0.478 e. The Morgan fingerprint density at radius 1 is 0.812 bits per heavy atom. The first-order valence-corrected chi connectivity index (χ1v) is 16.5. The number of ether oxygens (including phenoxy) is 1. The lowest BCUT2D eigenvalue weighted by atomic mass is 10.1. The molecule has 0 atom stereocenters. The van der Waals surface area contributed by atoms with Crippen LogP contribution in [0.1, 0.15) is 32.2 Å². The lowest BCUT2D eigenvalue weighted by Crippen LogP contribution is -2.26. The van der Waals surface area contributed by atoms with Crippen molar-refractivity contribution < 1.29 is 37.9 Å². The predicted molar refractivity (Wildman–Crippen MR) is 192 cm³/mol. The monoisotopic (exact) mass is 719 g/mol. The molecule has 2 aromatic carbocycles. The maximum atomic E-state index is 12.1. The molecule has 0 spiro atoms. The summed E-state index contributed by atoms with van der Waals surface area (Å²) < 4.78 is 17.2. The Bertz CT molecular complexity index is 1990. The zero-order valence-corrected chi connectivity index (χ0v) is 28.2. The molecule has 0 radical (unpaired) electrons. The van der Waals surface area contributed by atoms with Crippen molar-refractivity contribution in [1.82, 2.24) is 16.0 Å². The van der Waals surface area contributed by atoms with E-state index in [4.69, 9.17) is 43.1 Å². The minimum atomic E-state index is -0.997. The number of hydrogen-bond donors (Lipinski definition) is 4. The average molecular weight is 720 g/mol. The number of carbonyl (C=O) groups is 4. The number of rotatable bonds is 9. The van der Waals surface area contributed by atoms with Gasteiger partial charge in [0.2, 0.25) is 0 Å². The number of amides is 3. The molecule has 15 heteroatoms. The summed E-state index contributed by atoms with van der Waals surface area (Å²) >= 11 is 12.2. The number of nitrogens with one attached hydrogen (secondary N) is 3. The summed E-state index contributed by atoms with van der Waals surface area (Å²) in [4.78, 5) is 47.4. The Balaban J connectivity index is 0.000000190. The van der Waals surface area contributed by atoms with Crippen molar-refractivity contribution in [3.8, 4) is 22.6 Å². The molecular weight excluding hydrogens is 695 g/mol. The van der Waals surface area contributed by atoms with Gasteiger partial charge in [-0.15, -0.1) is 0 Å². The second-order valence-electron chi connectivity index (χ2n) is 9.82. The Labute approximate surface area is 293 Å². The van der Waals surface area contributed by atoms with Gasteiger partial charge in [0.05, 0.1) is 22.0 Å². The zero-order valence-electron chi connectivity index (χ0n) is 24.9. The summed E-state index contributed by atoms with van der Waals surface area (Å²) in [5.74, 6) is 0.521. The van der Waals surface area contributed by atoms with E-state index in [1.165, 1.54) is 35.7 Å². The molecule has 0 saturated carbocycles. The number of carboxylic acid groups (broad SMARTS) is 1. The van der Waals surface area contributed by atoms with Crippen LogP contribution in [-0.4, -0.2) is 57.7 Å². The van der Waals surface area contributed by atoms with Gasteiger partial charge in [-0.1, -0.05) is 72.2 Å². The smallest absolute Gasteiger partial charge is 0.335 e. The van der Waals surface area contributed by atoms with Crippen LogP contribution in [0.4, 0.5) is 0 Å². The molecule has 0 bridgehead atoms. The number of aromatic carboxylic acids is 1. The summed E-state index contributed by atoms with van der Waals surface area (Å²) in [6.45, 7) is 0.899. The second kappa shape index (κ2) is 15.9. The largest absolute Gasteiger partial charge is 0.478 e. The SMILES string of the molecule is COCCNC(=O)c1cccc(-c2ccc(/C=C3\SC(=S)NC3=O)o2)c1.O=C1NC(=S)S/C1=C\c1ccc(-c2cccc(C(=O)O)c2)o1. The van der Waals surface area contributed by atoms with Gasteiger partial charge in [0.25, 0.3) is 17.7 Å². The standard InChI is InChI=1S/C18H16N2O4S2.C15H9NO4S2/c1-23-8-7-19-16(21)12-4-2-3-11(9-12)14-6-5-13(24-14)10-15-17(22)20-18(25)26-15;17-13-12(22-15(21)16-13)7-10-4-5-11(20-10)8-2-1-3-9(6-8)14(18)19/h2-6,9-10H,7-8H2,1H3,(H,19,21)(H,20,22,25);1-7H,(H,18,19)(H,16,17,21)/b15-10-;12-7-. The van der Waals surface area contributed by atoms with Crippen LogP contribution in [0.2, 0.25) is 0 Å². The van der Waals surface area contributed by atoms with Crippen molar-refractivity contribution in [3.05, 3.63) is 105 Å². The third-order valence-corrected chi connectivity index (χ3v) is 8.80. The summed E-state index contributed by atoms with van der Waals surface area (Å²) in [6.07, 6.45) is 3.24. The van der Waals surface area contributed by atoms with E-state index in [1.807, 2.05) is 6.07 Å². The van der Waals surface area contributed by atoms with Crippen LogP contribution in [0.3, 0.4) is 0 Å². The van der Waals surface area contributed by atoms with Crippen molar-refractivity contribution >= 4 is 92.4 Å². The van der Waals surface area contributed by atoms with E-state index in [0.29, 0.717) is 65.8 Å². The summed E-state index contributed by atoms with van der Waals surface area (Å²) in [5.41, 5.74) is 2.15. The number of thioether (sulfide) groups is 2. The first-order valence-electron chi connectivity index (χ1n) is 14.0. The van der Waals surface area contributed by atoms with Gasteiger partial charge in [-0.25, -0.2) is 4.79 Å². The topological polar surface area (TPSA) is 160 Å². The van der Waals surface area contributed by atoms with E-state index in [-0.39, 0.29) is 23.3 Å². The maximum absolute atomic E-state index is 12.1. The molecule has 4 heterocycles. The van der Waals surface area contributed by atoms with Gasteiger partial charge in [0, 0.05) is 42.5 Å². The van der Waals surface area contributed by atoms with Crippen LogP contribution in [0.5, 0.6) is 0 Å². The maximum Gasteiger partial charge on any atom is 0.335 e. The molecule has 0 aliphatic carbocycles. The van der Waals surface area contributed by atoms with Crippen molar-refractivity contribution in [2.75, 3.05) is 20.3 Å². The number of carboxylic acids is 1. The van der Waals surface area contributed by atoms with Crippen LogP contribution < -0.4 is 16.0 Å². The molecule has 4 aromatic rings. The fraction of sp³-hybridized carbons (Fsp3) is 0.0909. The highest BCUT2D eigenvalue weighted by molar-refractivity contribution is 8.27. The van der Waals surface area contributed by atoms with Crippen LogP contribution in [0, 0.1) is 0 Å². The summed E-state index contributed by atoms with van der Waals surface area (Å²) in [7, 11) is 1.58. The van der Waals surface area contributed by atoms with Crippen molar-refractivity contribution in [2.45, 2.75) is 0 Å². The van der Waals surface area contributed by atoms with Crippen molar-refractivity contribution in [3.63, 3.8) is 0 Å². The molecule has 0 unspecified atom stereocenters. The molecule has 3 amide bonds. The van der Waals surface area contributed by atoms with Crippen LogP contribution in [0.15, 0.2) is 91.4 Å². The average Bonchev–Trinajstić information content (AvgIpc) is 3.86. The highest BCUT2D eigenvalue weighted by Gasteiger charge is 2.23. The number of hydrogen-bond acceptors (Lipinski definition) is 11. The molecule has 2 fully saturated rings. The Hall–Kier alpha value is -4.80. The van der Waals surface area contributed by atoms with Gasteiger partial charge >= 0.3 is 5.97 Å². The molecule has 6 rings (SSSR count). The lowest BCUT2D eigenvalue weighted by molar-refractivity contribution is -0.116. The Morgan fingerprint density at radius 2 is 1.31 bits per heavy atom. The Kier molecular flexibility index (Phi) is 11.4. The second-order valence-corrected chi connectivity index (χ2v) is 13.3. The number of furan rings is 2. The summed E-state index contributed by atoms with van der Waals surface area (Å²) in [6, 6.07) is 20.6. The highest BCUT2D eigenvalue weighted by atomic mass is 32.2. The molecule has 2 aliphatic heterocycles. The van der Waals surface area contributed by atoms with Crippen molar-refractivity contribution in [1.29, 1.82) is 0 Å². The Morgan fingerprint density at radius 3 is 1.77 bits per heavy atom. The number of benzene rings is 2. The van der Waals surface area contributed by atoms with Gasteiger partial charge < -0.3 is 34.6 Å². The fourth-order valence-electron chi connectivity index (χ4n) is 4.26. The fourth-order valence-corrected chi connectivity index (χ4v) is 6.31. The quantitative estimate of drug-likeness (QED) is 0.0917. The van der Waals surface area contributed by atoms with Crippen LogP contribution in [0.25, 0.3) is 34.8 Å². The lowest BCUT2D eigenvalue weighted by Gasteiger charge is -2.05. The van der Waals surface area contributed by atoms with E-state index in [9.17, 15) is 19.2 Å². The third-order valence-electron chi connectivity index (χ3n) is 6.48. The van der Waals surface area contributed by atoms with E-state index in [0.717, 1.165) is 5.56 Å². The number of methoxy groups -OCH3 is 1. The van der Waals surface area contributed by atoms with Gasteiger partial charge in [0.1, 0.15) is 31.7 Å². The number of carbonyl (C=O) groups excluding carboxylic acids is 3. The van der Waals surface area contributed by atoms with E-state index in [1.54, 1.807) is 73.9 Å². The van der Waals surface area contributed by atoms with Gasteiger partial charge in [-0.05, 0) is 48.5 Å². The van der Waals surface area contributed by atoms with Gasteiger partial charge in [0.15, 0.2) is 0 Å². The van der Waals surface area contributed by atoms with E-state index in [2.05, 4.69) is 16.0 Å². The van der Waals surface area contributed by atoms with Gasteiger partial charge in [-0.3, -0.25) is 14.4 Å². The van der Waals surface area contributed by atoms with Crippen LogP contribution >= 0.6 is 48.0 Å². The first kappa shape index (κ1) is 34.5. The molecule has 244 valence electrons. The van der Waals surface area contributed by atoms with Gasteiger partial charge in [-0.2, -0.15) is 0 Å². The normalized spacial score (nSPS) is 15.7. The highest BCUT2D eigenvalue weighted by Crippen LogP contribution is 2.30. The molecule has 11 nitrogen and oxygen atoms in total. The first-order chi connectivity index (χ1) is 23.1. The van der Waals surface area contributed by atoms with Crippen molar-refractivity contribution in [2.24, 2.45) is 0 Å². The molecule has 2 aromatic heterocycles.